The highest BCUT2D eigenvalue weighted by Crippen LogP contribution is 2.38. The Bertz CT molecular complexity index is 188. The van der Waals surface area contributed by atoms with Crippen LogP contribution in [0.25, 0.3) is 0 Å². The molecule has 1 aliphatic rings. The first-order chi connectivity index (χ1) is 6.89. The van der Waals surface area contributed by atoms with E-state index < -0.39 is 11.7 Å². The smallest absolute Gasteiger partial charge is 0.0691 e. The minimum atomic E-state index is -0.695. The molecule has 1 saturated carbocycles. The van der Waals surface area contributed by atoms with Gasteiger partial charge in [0.05, 0.1) is 11.7 Å². The maximum atomic E-state index is 10.1. The minimum Gasteiger partial charge on any atom is -0.392 e. The summed E-state index contributed by atoms with van der Waals surface area (Å²) in [5, 5.41) is 23.0. The molecule has 0 heterocycles. The molecule has 15 heavy (non-hydrogen) atoms. The van der Waals surface area contributed by atoms with Crippen LogP contribution in [0.2, 0.25) is 0 Å². The third-order valence-electron chi connectivity index (χ3n) is 2.86. The molecule has 0 amide bonds. The van der Waals surface area contributed by atoms with Crippen molar-refractivity contribution in [2.75, 3.05) is 6.54 Å². The van der Waals surface area contributed by atoms with Gasteiger partial charge in [0.25, 0.3) is 0 Å². The van der Waals surface area contributed by atoms with Crippen LogP contribution in [0.1, 0.15) is 46.5 Å². The lowest BCUT2D eigenvalue weighted by Crippen LogP contribution is -2.38. The van der Waals surface area contributed by atoms with Crippen LogP contribution in [0.4, 0.5) is 0 Å². The largest absolute Gasteiger partial charge is 0.392 e. The maximum absolute atomic E-state index is 10.1. The maximum Gasteiger partial charge on any atom is 0.0691 e. The first kappa shape index (κ1) is 12.9. The molecule has 3 N–H and O–H groups in total. The molecule has 0 radical (unpaired) electrons. The van der Waals surface area contributed by atoms with Gasteiger partial charge in [0, 0.05) is 19.0 Å². The van der Waals surface area contributed by atoms with Crippen molar-refractivity contribution in [1.82, 2.24) is 5.32 Å². The van der Waals surface area contributed by atoms with Gasteiger partial charge in [0.15, 0.2) is 0 Å². The van der Waals surface area contributed by atoms with E-state index in [1.807, 2.05) is 6.92 Å². The summed E-state index contributed by atoms with van der Waals surface area (Å²) in [5.74, 6) is 0.699. The Morgan fingerprint density at radius 3 is 2.47 bits per heavy atom. The normalized spacial score (nSPS) is 22.8. The number of hydrogen-bond acceptors (Lipinski definition) is 3. The quantitative estimate of drug-likeness (QED) is 0.600. The molecule has 2 atom stereocenters. The summed E-state index contributed by atoms with van der Waals surface area (Å²) in [4.78, 5) is 0. The fourth-order valence-electron chi connectivity index (χ4n) is 1.98. The molecule has 0 spiro atoms. The second kappa shape index (κ2) is 5.28. The number of nitrogens with one attached hydrogen (secondary N) is 1. The molecule has 2 unspecified atom stereocenters. The van der Waals surface area contributed by atoms with Gasteiger partial charge in [0.1, 0.15) is 0 Å². The summed E-state index contributed by atoms with van der Waals surface area (Å²) in [5.41, 5.74) is -0.695. The molecule has 90 valence electrons. The van der Waals surface area contributed by atoms with Crippen molar-refractivity contribution < 1.29 is 10.2 Å². The summed E-state index contributed by atoms with van der Waals surface area (Å²) < 4.78 is 0. The zero-order valence-electron chi connectivity index (χ0n) is 10.2. The van der Waals surface area contributed by atoms with Crippen molar-refractivity contribution >= 4 is 0 Å². The summed E-state index contributed by atoms with van der Waals surface area (Å²) in [7, 11) is 0. The molecule has 0 aromatic heterocycles. The van der Waals surface area contributed by atoms with E-state index in [9.17, 15) is 10.2 Å². The Hall–Kier alpha value is -0.120. The Labute approximate surface area is 92.9 Å². The van der Waals surface area contributed by atoms with E-state index in [1.165, 1.54) is 12.8 Å². The van der Waals surface area contributed by atoms with Gasteiger partial charge in [-0.15, -0.1) is 0 Å². The van der Waals surface area contributed by atoms with Gasteiger partial charge >= 0.3 is 0 Å². The van der Waals surface area contributed by atoms with Crippen LogP contribution < -0.4 is 5.32 Å². The molecule has 0 aromatic carbocycles. The van der Waals surface area contributed by atoms with E-state index in [-0.39, 0.29) is 0 Å². The van der Waals surface area contributed by atoms with Crippen LogP contribution >= 0.6 is 0 Å². The Morgan fingerprint density at radius 1 is 1.40 bits per heavy atom. The Morgan fingerprint density at radius 2 is 2.00 bits per heavy atom. The summed E-state index contributed by atoms with van der Waals surface area (Å²) >= 11 is 0. The van der Waals surface area contributed by atoms with E-state index in [0.29, 0.717) is 24.9 Å². The highest BCUT2D eigenvalue weighted by atomic mass is 16.3. The predicted molar refractivity (Wildman–Crippen MR) is 61.7 cm³/mol. The molecule has 0 saturated heterocycles. The van der Waals surface area contributed by atoms with Crippen LogP contribution in [-0.4, -0.2) is 34.5 Å². The van der Waals surface area contributed by atoms with Crippen LogP contribution in [0.5, 0.6) is 0 Å². The van der Waals surface area contributed by atoms with Gasteiger partial charge in [-0.05, 0) is 19.3 Å². The standard InChI is InChI=1S/C12H25NO2/c1-9(2)13-8-11(14)7-12(3,15)6-10-4-5-10/h9-11,13-15H,4-8H2,1-3H3. The molecule has 3 heteroatoms. The molecule has 1 rings (SSSR count). The average molecular weight is 215 g/mol. The Balaban J connectivity index is 2.18. The topological polar surface area (TPSA) is 52.5 Å². The average Bonchev–Trinajstić information content (AvgIpc) is 2.82. The first-order valence-corrected chi connectivity index (χ1v) is 6.03. The van der Waals surface area contributed by atoms with Crippen LogP contribution in [0.3, 0.4) is 0 Å². The second-order valence-electron chi connectivity index (χ2n) is 5.57. The fourth-order valence-corrected chi connectivity index (χ4v) is 1.98. The number of aliphatic hydroxyl groups is 2. The van der Waals surface area contributed by atoms with E-state index >= 15 is 0 Å². The van der Waals surface area contributed by atoms with E-state index in [2.05, 4.69) is 19.2 Å². The number of hydrogen-bond donors (Lipinski definition) is 3. The first-order valence-electron chi connectivity index (χ1n) is 6.03. The van der Waals surface area contributed by atoms with Crippen LogP contribution in [-0.2, 0) is 0 Å². The molecule has 3 nitrogen and oxygen atoms in total. The third kappa shape index (κ3) is 6.13. The Kier molecular flexibility index (Phi) is 4.56. The lowest BCUT2D eigenvalue weighted by atomic mass is 9.92. The van der Waals surface area contributed by atoms with Crippen molar-refractivity contribution in [3.8, 4) is 0 Å². The minimum absolute atomic E-state index is 0.382. The number of aliphatic hydroxyl groups excluding tert-OH is 1. The lowest BCUT2D eigenvalue weighted by molar-refractivity contribution is -0.00644. The van der Waals surface area contributed by atoms with E-state index in [1.54, 1.807) is 0 Å². The highest BCUT2D eigenvalue weighted by molar-refractivity contribution is 4.86. The van der Waals surface area contributed by atoms with Crippen molar-refractivity contribution in [3.63, 3.8) is 0 Å². The van der Waals surface area contributed by atoms with Crippen molar-refractivity contribution in [1.29, 1.82) is 0 Å². The highest BCUT2D eigenvalue weighted by Gasteiger charge is 2.33. The van der Waals surface area contributed by atoms with Gasteiger partial charge in [-0.2, -0.15) is 0 Å². The van der Waals surface area contributed by atoms with Gasteiger partial charge in [0.2, 0.25) is 0 Å². The molecule has 0 aliphatic heterocycles. The van der Waals surface area contributed by atoms with Gasteiger partial charge < -0.3 is 15.5 Å². The number of rotatable bonds is 7. The van der Waals surface area contributed by atoms with Gasteiger partial charge in [-0.3, -0.25) is 0 Å². The van der Waals surface area contributed by atoms with E-state index in [0.717, 1.165) is 6.42 Å². The summed E-state index contributed by atoms with van der Waals surface area (Å²) in [6, 6.07) is 0.382. The SMILES string of the molecule is CC(C)NCC(O)CC(C)(O)CC1CC1. The molecule has 0 aromatic rings. The molecule has 1 aliphatic carbocycles. The molecular weight excluding hydrogens is 190 g/mol. The van der Waals surface area contributed by atoms with Crippen molar-refractivity contribution in [2.45, 2.75) is 64.2 Å². The van der Waals surface area contributed by atoms with Crippen LogP contribution in [0, 0.1) is 5.92 Å². The monoisotopic (exact) mass is 215 g/mol. The van der Waals surface area contributed by atoms with Crippen LogP contribution in [0.15, 0.2) is 0 Å². The predicted octanol–water partition coefficient (Wildman–Crippen LogP) is 1.29. The van der Waals surface area contributed by atoms with Crippen molar-refractivity contribution in [2.24, 2.45) is 5.92 Å². The molecule has 1 fully saturated rings. The lowest BCUT2D eigenvalue weighted by Gasteiger charge is -2.26. The molecule has 0 bridgehead atoms. The summed E-state index contributed by atoms with van der Waals surface area (Å²) in [6.45, 7) is 6.51. The van der Waals surface area contributed by atoms with Gasteiger partial charge in [-0.25, -0.2) is 0 Å². The van der Waals surface area contributed by atoms with E-state index in [4.69, 9.17) is 0 Å². The second-order valence-corrected chi connectivity index (χ2v) is 5.57. The zero-order chi connectivity index (χ0) is 11.5. The third-order valence-corrected chi connectivity index (χ3v) is 2.86. The van der Waals surface area contributed by atoms with Crippen molar-refractivity contribution in [3.05, 3.63) is 0 Å². The summed E-state index contributed by atoms with van der Waals surface area (Å²) in [6.07, 6.45) is 3.36. The fraction of sp³-hybridized carbons (Fsp3) is 1.00. The van der Waals surface area contributed by atoms with Gasteiger partial charge in [-0.1, -0.05) is 26.7 Å². The molecular formula is C12H25NO2. The zero-order valence-corrected chi connectivity index (χ0v) is 10.2.